The Morgan fingerprint density at radius 3 is 2.61 bits per heavy atom. The molecule has 7 nitrogen and oxygen atoms in total. The van der Waals surface area contributed by atoms with Gasteiger partial charge in [0, 0.05) is 10.9 Å². The predicted molar refractivity (Wildman–Crippen MR) is 110 cm³/mol. The van der Waals surface area contributed by atoms with Crippen molar-refractivity contribution in [1.82, 2.24) is 0 Å². The van der Waals surface area contributed by atoms with Crippen LogP contribution in [0.25, 0.3) is 11.0 Å². The smallest absolute Gasteiger partial charge is 0.342 e. The van der Waals surface area contributed by atoms with E-state index < -0.39 is 18.1 Å². The zero-order valence-electron chi connectivity index (χ0n) is 16.1. The summed E-state index contributed by atoms with van der Waals surface area (Å²) in [4.78, 5) is 27.8. The maximum Gasteiger partial charge on any atom is 0.342 e. The normalized spacial score (nSPS) is 16.8. The second-order valence-corrected chi connectivity index (χ2v) is 7.21. The van der Waals surface area contributed by atoms with Crippen LogP contribution in [0.5, 0.6) is 11.5 Å². The maximum absolute atomic E-state index is 13.6. The molecule has 0 fully saturated rings. The van der Waals surface area contributed by atoms with Crippen molar-refractivity contribution in [3.63, 3.8) is 0 Å². The fourth-order valence-corrected chi connectivity index (χ4v) is 3.91. The van der Waals surface area contributed by atoms with Gasteiger partial charge in [-0.2, -0.15) is 0 Å². The number of ether oxygens (including phenoxy) is 3. The highest BCUT2D eigenvalue weighted by Crippen LogP contribution is 2.41. The second-order valence-electron chi connectivity index (χ2n) is 7.21. The Bertz CT molecular complexity index is 1320. The molecule has 0 bridgehead atoms. The molecule has 2 aliphatic heterocycles. The molecule has 2 aliphatic rings. The molecule has 3 heterocycles. The van der Waals surface area contributed by atoms with Gasteiger partial charge in [0.1, 0.15) is 5.58 Å². The van der Waals surface area contributed by atoms with Crippen molar-refractivity contribution < 1.29 is 28.2 Å². The van der Waals surface area contributed by atoms with Gasteiger partial charge >= 0.3 is 5.97 Å². The van der Waals surface area contributed by atoms with Crippen LogP contribution in [0.3, 0.4) is 0 Å². The third kappa shape index (κ3) is 2.74. The highest BCUT2D eigenvalue weighted by molar-refractivity contribution is 6.11. The van der Waals surface area contributed by atoms with Gasteiger partial charge in [0.15, 0.2) is 17.3 Å². The third-order valence-electron chi connectivity index (χ3n) is 5.37. The lowest BCUT2D eigenvalue weighted by atomic mass is 10.1. The SMILES string of the molecule is O=C1OC(c2ccc3c(c2)OCO3)N(C(=O)c2cc3ccccc3o2)c2ccccc21. The number of carbonyl (C=O) groups excluding carboxylic acids is 2. The molecule has 152 valence electrons. The van der Waals surface area contributed by atoms with Gasteiger partial charge < -0.3 is 18.6 Å². The van der Waals surface area contributed by atoms with E-state index in [-0.39, 0.29) is 12.6 Å². The average molecular weight is 413 g/mol. The van der Waals surface area contributed by atoms with Crippen LogP contribution in [0.2, 0.25) is 0 Å². The monoisotopic (exact) mass is 413 g/mol. The number of esters is 1. The molecule has 4 aromatic rings. The van der Waals surface area contributed by atoms with Crippen molar-refractivity contribution in [2.75, 3.05) is 11.7 Å². The first-order valence-electron chi connectivity index (χ1n) is 9.71. The van der Waals surface area contributed by atoms with Crippen LogP contribution in [-0.4, -0.2) is 18.7 Å². The van der Waals surface area contributed by atoms with Crippen molar-refractivity contribution in [2.24, 2.45) is 0 Å². The van der Waals surface area contributed by atoms with Gasteiger partial charge in [0.05, 0.1) is 11.3 Å². The van der Waals surface area contributed by atoms with Gasteiger partial charge in [-0.15, -0.1) is 0 Å². The van der Waals surface area contributed by atoms with E-state index in [4.69, 9.17) is 18.6 Å². The van der Waals surface area contributed by atoms with Gasteiger partial charge in [-0.3, -0.25) is 9.69 Å². The molecular weight excluding hydrogens is 398 g/mol. The summed E-state index contributed by atoms with van der Waals surface area (Å²) in [6.07, 6.45) is -0.988. The molecule has 0 N–H and O–H groups in total. The molecule has 3 aromatic carbocycles. The van der Waals surface area contributed by atoms with Crippen molar-refractivity contribution in [1.29, 1.82) is 0 Å². The third-order valence-corrected chi connectivity index (χ3v) is 5.37. The minimum Gasteiger partial charge on any atom is -0.454 e. The van der Waals surface area contributed by atoms with Crippen LogP contribution in [0.4, 0.5) is 5.69 Å². The number of furan rings is 1. The zero-order chi connectivity index (χ0) is 20.9. The summed E-state index contributed by atoms with van der Waals surface area (Å²) in [7, 11) is 0. The first-order valence-corrected chi connectivity index (χ1v) is 9.71. The standard InChI is InChI=1S/C24H15NO6/c26-22(21-11-14-5-1-4-8-18(14)30-21)25-17-7-3-2-6-16(17)24(27)31-23(25)15-9-10-19-20(12-15)29-13-28-19/h1-12,23H,13H2. The molecule has 0 aliphatic carbocycles. The number of hydrogen-bond acceptors (Lipinski definition) is 6. The number of anilines is 1. The van der Waals surface area contributed by atoms with E-state index in [2.05, 4.69) is 0 Å². The van der Waals surface area contributed by atoms with Crippen LogP contribution in [0.15, 0.2) is 77.2 Å². The summed E-state index contributed by atoms with van der Waals surface area (Å²) in [5.41, 5.74) is 1.94. The highest BCUT2D eigenvalue weighted by atomic mass is 16.7. The Kier molecular flexibility index (Phi) is 3.76. The number of carbonyl (C=O) groups is 2. The van der Waals surface area contributed by atoms with Crippen molar-refractivity contribution in [2.45, 2.75) is 6.23 Å². The van der Waals surface area contributed by atoms with Crippen molar-refractivity contribution in [3.05, 3.63) is 89.7 Å². The summed E-state index contributed by atoms with van der Waals surface area (Å²) >= 11 is 0. The number of fused-ring (bicyclic) bond motifs is 3. The van der Waals surface area contributed by atoms with E-state index in [9.17, 15) is 9.59 Å². The maximum atomic E-state index is 13.6. The molecule has 31 heavy (non-hydrogen) atoms. The summed E-state index contributed by atoms with van der Waals surface area (Å²) < 4.78 is 22.4. The molecule has 0 spiro atoms. The van der Waals surface area contributed by atoms with Crippen LogP contribution in [-0.2, 0) is 4.74 Å². The van der Waals surface area contributed by atoms with E-state index in [0.29, 0.717) is 33.9 Å². The molecular formula is C24H15NO6. The number of para-hydroxylation sites is 2. The number of benzene rings is 3. The molecule has 1 unspecified atom stereocenters. The quantitative estimate of drug-likeness (QED) is 0.444. The molecule has 0 radical (unpaired) electrons. The van der Waals surface area contributed by atoms with E-state index in [1.165, 1.54) is 4.90 Å². The summed E-state index contributed by atoms with van der Waals surface area (Å²) in [6.45, 7) is 0.119. The first kappa shape index (κ1) is 17.6. The molecule has 6 rings (SSSR count). The van der Waals surface area contributed by atoms with Crippen molar-refractivity contribution >= 4 is 28.5 Å². The first-order chi connectivity index (χ1) is 15.2. The van der Waals surface area contributed by atoms with Gasteiger partial charge in [0.25, 0.3) is 5.91 Å². The minimum atomic E-state index is -0.988. The second kappa shape index (κ2) is 6.63. The molecule has 0 saturated carbocycles. The van der Waals surface area contributed by atoms with Crippen LogP contribution in [0, 0.1) is 0 Å². The van der Waals surface area contributed by atoms with Gasteiger partial charge in [-0.25, -0.2) is 4.79 Å². The predicted octanol–water partition coefficient (Wildman–Crippen LogP) is 4.68. The largest absolute Gasteiger partial charge is 0.454 e. The Morgan fingerprint density at radius 1 is 0.903 bits per heavy atom. The molecule has 0 saturated heterocycles. The van der Waals surface area contributed by atoms with Gasteiger partial charge in [0.2, 0.25) is 13.0 Å². The lowest BCUT2D eigenvalue weighted by Gasteiger charge is -2.35. The number of cyclic esters (lactones) is 1. The highest BCUT2D eigenvalue weighted by Gasteiger charge is 2.39. The van der Waals surface area contributed by atoms with E-state index in [1.54, 1.807) is 54.6 Å². The number of rotatable bonds is 2. The van der Waals surface area contributed by atoms with Crippen LogP contribution >= 0.6 is 0 Å². The lowest BCUT2D eigenvalue weighted by Crippen LogP contribution is -2.41. The van der Waals surface area contributed by atoms with E-state index in [0.717, 1.165) is 5.39 Å². The number of hydrogen-bond donors (Lipinski definition) is 0. The van der Waals surface area contributed by atoms with Crippen molar-refractivity contribution in [3.8, 4) is 11.5 Å². The van der Waals surface area contributed by atoms with Gasteiger partial charge in [-0.1, -0.05) is 30.3 Å². The Hall–Kier alpha value is -4.26. The van der Waals surface area contributed by atoms with E-state index in [1.807, 2.05) is 18.2 Å². The lowest BCUT2D eigenvalue weighted by molar-refractivity contribution is 0.0245. The Morgan fingerprint density at radius 2 is 1.71 bits per heavy atom. The van der Waals surface area contributed by atoms with E-state index >= 15 is 0 Å². The topological polar surface area (TPSA) is 78.2 Å². The summed E-state index contributed by atoms with van der Waals surface area (Å²) in [5, 5.41) is 0.813. The molecule has 1 aromatic heterocycles. The Labute approximate surface area is 176 Å². The summed E-state index contributed by atoms with van der Waals surface area (Å²) in [5.74, 6) is 0.357. The number of amides is 1. The van der Waals surface area contributed by atoms with Gasteiger partial charge in [-0.05, 0) is 42.5 Å². The van der Waals surface area contributed by atoms with Crippen LogP contribution < -0.4 is 14.4 Å². The average Bonchev–Trinajstić information content (AvgIpc) is 3.45. The Balaban J connectivity index is 1.50. The van der Waals surface area contributed by atoms with Crippen LogP contribution in [0.1, 0.15) is 32.7 Å². The summed E-state index contributed by atoms with van der Waals surface area (Å²) in [6, 6.07) is 21.1. The molecule has 1 atom stereocenters. The molecule has 7 heteroatoms. The number of nitrogens with zero attached hydrogens (tertiary/aromatic N) is 1. The fraction of sp³-hybridized carbons (Fsp3) is 0.0833. The fourth-order valence-electron chi connectivity index (χ4n) is 3.91. The zero-order valence-corrected chi connectivity index (χ0v) is 16.1. The minimum absolute atomic E-state index is 0.119. The molecule has 1 amide bonds.